The molecule has 0 spiro atoms. The first-order valence-corrected chi connectivity index (χ1v) is 7.47. The molecule has 0 radical (unpaired) electrons. The van der Waals surface area contributed by atoms with Gasteiger partial charge in [0.2, 0.25) is 0 Å². The van der Waals surface area contributed by atoms with Crippen LogP contribution in [0.15, 0.2) is 30.5 Å². The molecule has 1 aromatic carbocycles. The van der Waals surface area contributed by atoms with E-state index in [4.69, 9.17) is 16.7 Å². The van der Waals surface area contributed by atoms with Crippen molar-refractivity contribution in [1.29, 1.82) is 0 Å². The number of carboxylic acids is 1. The van der Waals surface area contributed by atoms with Crippen molar-refractivity contribution in [2.45, 2.75) is 11.4 Å². The summed E-state index contributed by atoms with van der Waals surface area (Å²) in [5.41, 5.74) is 2.82. The van der Waals surface area contributed by atoms with Gasteiger partial charge in [-0.1, -0.05) is 23.7 Å². The lowest BCUT2D eigenvalue weighted by Gasteiger charge is -2.11. The predicted molar refractivity (Wildman–Crippen MR) is 78.8 cm³/mol. The van der Waals surface area contributed by atoms with Crippen molar-refractivity contribution in [2.24, 2.45) is 0 Å². The van der Waals surface area contributed by atoms with Gasteiger partial charge in [0, 0.05) is 16.3 Å². The highest BCUT2D eigenvalue weighted by Crippen LogP contribution is 2.37. The molecule has 0 aliphatic carbocycles. The molecule has 7 heteroatoms. The number of thioether (sulfide) groups is 1. The summed E-state index contributed by atoms with van der Waals surface area (Å²) in [6.07, 6.45) is 1.73. The molecule has 1 aliphatic rings. The maximum absolute atomic E-state index is 11.0. The number of H-pyrrole nitrogens is 1. The van der Waals surface area contributed by atoms with Crippen LogP contribution in [0.5, 0.6) is 0 Å². The SMILES string of the molecule is O=C(O)[C@@H]1CS[C@H](c2cn[nH]c2-c2ccc(Cl)cc2)N1. The average Bonchev–Trinajstić information content (AvgIpc) is 3.08. The van der Waals surface area contributed by atoms with E-state index < -0.39 is 12.0 Å². The van der Waals surface area contributed by atoms with Crippen LogP contribution in [-0.4, -0.2) is 33.1 Å². The summed E-state index contributed by atoms with van der Waals surface area (Å²) in [7, 11) is 0. The molecule has 2 aromatic rings. The minimum absolute atomic E-state index is 0.0690. The van der Waals surface area contributed by atoms with Gasteiger partial charge in [-0.15, -0.1) is 11.8 Å². The molecule has 1 aromatic heterocycles. The van der Waals surface area contributed by atoms with Gasteiger partial charge in [0.15, 0.2) is 0 Å². The number of benzene rings is 1. The Kier molecular flexibility index (Phi) is 3.69. The van der Waals surface area contributed by atoms with E-state index in [2.05, 4.69) is 15.5 Å². The molecule has 1 saturated heterocycles. The van der Waals surface area contributed by atoms with Gasteiger partial charge in [-0.25, -0.2) is 0 Å². The highest BCUT2D eigenvalue weighted by molar-refractivity contribution is 7.99. The maximum atomic E-state index is 11.0. The lowest BCUT2D eigenvalue weighted by molar-refractivity contribution is -0.138. The third-order valence-corrected chi connectivity index (χ3v) is 4.67. The summed E-state index contributed by atoms with van der Waals surface area (Å²) in [6.45, 7) is 0. The standard InChI is InChI=1S/C13H12ClN3O2S/c14-8-3-1-7(2-4-8)11-9(5-15-17-11)12-16-10(6-20-12)13(18)19/h1-5,10,12,16H,6H2,(H,15,17)(H,18,19)/t10-,12+/m0/s1. The van der Waals surface area contributed by atoms with E-state index in [1.54, 1.807) is 18.0 Å². The van der Waals surface area contributed by atoms with Crippen molar-refractivity contribution in [1.82, 2.24) is 15.5 Å². The first-order valence-electron chi connectivity index (χ1n) is 6.05. The van der Waals surface area contributed by atoms with E-state index in [1.807, 2.05) is 24.3 Å². The van der Waals surface area contributed by atoms with Gasteiger partial charge in [0.1, 0.15) is 6.04 Å². The van der Waals surface area contributed by atoms with Crippen LogP contribution in [0.1, 0.15) is 10.9 Å². The Morgan fingerprint density at radius 2 is 2.15 bits per heavy atom. The van der Waals surface area contributed by atoms with E-state index in [-0.39, 0.29) is 5.37 Å². The highest BCUT2D eigenvalue weighted by Gasteiger charge is 2.32. The molecular formula is C13H12ClN3O2S. The van der Waals surface area contributed by atoms with Crippen molar-refractivity contribution >= 4 is 29.3 Å². The van der Waals surface area contributed by atoms with Crippen LogP contribution < -0.4 is 5.32 Å². The Bertz CT molecular complexity index is 629. The van der Waals surface area contributed by atoms with Crippen LogP contribution in [0.25, 0.3) is 11.3 Å². The van der Waals surface area contributed by atoms with E-state index in [0.717, 1.165) is 16.8 Å². The van der Waals surface area contributed by atoms with Gasteiger partial charge < -0.3 is 5.11 Å². The number of aromatic amines is 1. The number of aromatic nitrogens is 2. The van der Waals surface area contributed by atoms with Crippen LogP contribution in [-0.2, 0) is 4.79 Å². The van der Waals surface area contributed by atoms with Crippen molar-refractivity contribution in [3.05, 3.63) is 41.0 Å². The second-order valence-corrected chi connectivity index (χ2v) is 6.05. The number of carboxylic acid groups (broad SMARTS) is 1. The lowest BCUT2D eigenvalue weighted by atomic mass is 10.1. The van der Waals surface area contributed by atoms with Gasteiger partial charge in [0.05, 0.1) is 17.3 Å². The van der Waals surface area contributed by atoms with Crippen molar-refractivity contribution in [3.63, 3.8) is 0 Å². The third kappa shape index (κ3) is 2.54. The molecule has 3 rings (SSSR count). The zero-order valence-corrected chi connectivity index (χ0v) is 11.9. The Balaban J connectivity index is 1.87. The average molecular weight is 310 g/mol. The zero-order chi connectivity index (χ0) is 14.1. The molecule has 2 atom stereocenters. The number of nitrogens with zero attached hydrogens (tertiary/aromatic N) is 1. The number of aliphatic carboxylic acids is 1. The topological polar surface area (TPSA) is 78.0 Å². The number of carbonyl (C=O) groups is 1. The quantitative estimate of drug-likeness (QED) is 0.812. The van der Waals surface area contributed by atoms with E-state index in [0.29, 0.717) is 10.8 Å². The lowest BCUT2D eigenvalue weighted by Crippen LogP contribution is -2.33. The number of rotatable bonds is 3. The first-order chi connectivity index (χ1) is 9.65. The minimum atomic E-state index is -0.823. The van der Waals surface area contributed by atoms with Crippen molar-refractivity contribution in [3.8, 4) is 11.3 Å². The molecular weight excluding hydrogens is 298 g/mol. The van der Waals surface area contributed by atoms with Crippen molar-refractivity contribution < 1.29 is 9.90 Å². The van der Waals surface area contributed by atoms with E-state index in [1.165, 1.54) is 0 Å². The van der Waals surface area contributed by atoms with E-state index in [9.17, 15) is 4.79 Å². The van der Waals surface area contributed by atoms with E-state index >= 15 is 0 Å². The van der Waals surface area contributed by atoms with Crippen molar-refractivity contribution in [2.75, 3.05) is 5.75 Å². The maximum Gasteiger partial charge on any atom is 0.321 e. The molecule has 0 unspecified atom stereocenters. The van der Waals surface area contributed by atoms with Gasteiger partial charge in [-0.2, -0.15) is 5.10 Å². The summed E-state index contributed by atoms with van der Waals surface area (Å²) in [4.78, 5) is 11.0. The first kappa shape index (κ1) is 13.5. The van der Waals surface area contributed by atoms with Crippen LogP contribution in [0.4, 0.5) is 0 Å². The molecule has 104 valence electrons. The zero-order valence-electron chi connectivity index (χ0n) is 10.3. The smallest absolute Gasteiger partial charge is 0.321 e. The van der Waals surface area contributed by atoms with Crippen LogP contribution >= 0.6 is 23.4 Å². The number of hydrogen-bond donors (Lipinski definition) is 3. The largest absolute Gasteiger partial charge is 0.480 e. The molecule has 0 saturated carbocycles. The molecule has 0 amide bonds. The van der Waals surface area contributed by atoms with Crippen LogP contribution in [0, 0.1) is 0 Å². The van der Waals surface area contributed by atoms with Crippen LogP contribution in [0.2, 0.25) is 5.02 Å². The monoisotopic (exact) mass is 309 g/mol. The molecule has 1 aliphatic heterocycles. The van der Waals surface area contributed by atoms with Crippen LogP contribution in [0.3, 0.4) is 0 Å². The summed E-state index contributed by atoms with van der Waals surface area (Å²) < 4.78 is 0. The minimum Gasteiger partial charge on any atom is -0.480 e. The second kappa shape index (κ2) is 5.47. The Labute approximate surface area is 124 Å². The normalized spacial score (nSPS) is 22.1. The summed E-state index contributed by atoms with van der Waals surface area (Å²) in [6, 6.07) is 6.94. The summed E-state index contributed by atoms with van der Waals surface area (Å²) in [5.74, 6) is -0.276. The highest BCUT2D eigenvalue weighted by atomic mass is 35.5. The molecule has 5 nitrogen and oxygen atoms in total. The Morgan fingerprint density at radius 1 is 1.40 bits per heavy atom. The Hall–Kier alpha value is -1.50. The predicted octanol–water partition coefficient (Wildman–Crippen LogP) is 2.52. The molecule has 0 bridgehead atoms. The summed E-state index contributed by atoms with van der Waals surface area (Å²) >= 11 is 7.46. The fraction of sp³-hybridized carbons (Fsp3) is 0.231. The molecule has 2 heterocycles. The number of halogens is 1. The molecule has 20 heavy (non-hydrogen) atoms. The molecule has 3 N–H and O–H groups in total. The van der Waals surface area contributed by atoms with Gasteiger partial charge in [-0.3, -0.25) is 15.2 Å². The third-order valence-electron chi connectivity index (χ3n) is 3.16. The fourth-order valence-corrected chi connectivity index (χ4v) is 3.50. The van der Waals surface area contributed by atoms with Gasteiger partial charge >= 0.3 is 5.97 Å². The number of nitrogens with one attached hydrogen (secondary N) is 2. The van der Waals surface area contributed by atoms with Gasteiger partial charge in [0.25, 0.3) is 0 Å². The second-order valence-electron chi connectivity index (χ2n) is 4.48. The van der Waals surface area contributed by atoms with Gasteiger partial charge in [-0.05, 0) is 17.7 Å². The fourth-order valence-electron chi connectivity index (χ4n) is 2.14. The molecule has 1 fully saturated rings. The Morgan fingerprint density at radius 3 is 2.80 bits per heavy atom. The number of hydrogen-bond acceptors (Lipinski definition) is 4. The summed E-state index contributed by atoms with van der Waals surface area (Å²) in [5, 5.41) is 19.8.